The van der Waals surface area contributed by atoms with Crippen LogP contribution >= 0.6 is 11.6 Å². The quantitative estimate of drug-likeness (QED) is 0.359. The van der Waals surface area contributed by atoms with E-state index in [0.29, 0.717) is 5.57 Å². The smallest absolute Gasteiger partial charge is 0.333 e. The van der Waals surface area contributed by atoms with Crippen molar-refractivity contribution in [1.29, 1.82) is 0 Å². The molecule has 0 N–H and O–H groups in total. The predicted octanol–water partition coefficient (Wildman–Crippen LogP) is 1.73. The zero-order chi connectivity index (χ0) is 8.15. The minimum Gasteiger partial charge on any atom is -0.461 e. The summed E-state index contributed by atoms with van der Waals surface area (Å²) in [7, 11) is 0. The van der Waals surface area contributed by atoms with Crippen LogP contribution in [0.5, 0.6) is 0 Å². The maximum atomic E-state index is 10.7. The summed E-state index contributed by atoms with van der Waals surface area (Å²) in [5.41, 5.74) is 0.400. The summed E-state index contributed by atoms with van der Waals surface area (Å²) in [5.74, 6) is -0.382. The van der Waals surface area contributed by atoms with Crippen molar-refractivity contribution in [3.8, 4) is 0 Å². The van der Waals surface area contributed by atoms with Gasteiger partial charge in [-0.3, -0.25) is 0 Å². The highest BCUT2D eigenvalue weighted by Gasteiger charge is 2.04. The van der Waals surface area contributed by atoms with Crippen LogP contribution in [0.2, 0.25) is 0 Å². The fourth-order valence-electron chi connectivity index (χ4n) is 0.314. The highest BCUT2D eigenvalue weighted by Crippen LogP contribution is 1.97. The Bertz CT molecular complexity index is 141. The third kappa shape index (κ3) is 4.39. The lowest BCUT2D eigenvalue weighted by atomic mass is 10.4. The second kappa shape index (κ2) is 4.34. The molecule has 0 bridgehead atoms. The molecule has 0 aliphatic carbocycles. The largest absolute Gasteiger partial charge is 0.461 e. The molecular formula is C7H11ClO2. The van der Waals surface area contributed by atoms with Gasteiger partial charge in [0.2, 0.25) is 0 Å². The van der Waals surface area contributed by atoms with Crippen LogP contribution in [0.4, 0.5) is 0 Å². The second-order valence-corrected chi connectivity index (χ2v) is 2.90. The number of carbonyl (C=O) groups excluding carboxylic acids is 1. The molecule has 10 heavy (non-hydrogen) atoms. The molecule has 2 nitrogen and oxygen atoms in total. The van der Waals surface area contributed by atoms with E-state index in [9.17, 15) is 4.79 Å². The lowest BCUT2D eigenvalue weighted by molar-refractivity contribution is -0.138. The standard InChI is InChI=1S/C7H11ClO2/c1-5(2)7(9)10-4-6(3)8/h6H,1,4H2,2-3H3. The highest BCUT2D eigenvalue weighted by atomic mass is 35.5. The molecule has 0 saturated heterocycles. The maximum Gasteiger partial charge on any atom is 0.333 e. The van der Waals surface area contributed by atoms with Crippen LogP contribution in [-0.4, -0.2) is 18.0 Å². The Morgan fingerprint density at radius 3 is 2.60 bits per heavy atom. The minimum absolute atomic E-state index is 0.136. The van der Waals surface area contributed by atoms with E-state index in [4.69, 9.17) is 16.3 Å². The normalized spacial score (nSPS) is 12.3. The van der Waals surface area contributed by atoms with Crippen molar-refractivity contribution in [3.05, 3.63) is 12.2 Å². The molecule has 0 aromatic carbocycles. The number of alkyl halides is 1. The van der Waals surface area contributed by atoms with Crippen molar-refractivity contribution in [3.63, 3.8) is 0 Å². The molecule has 0 aliphatic heterocycles. The molecule has 0 saturated carbocycles. The number of esters is 1. The summed E-state index contributed by atoms with van der Waals surface area (Å²) >= 11 is 5.52. The summed E-state index contributed by atoms with van der Waals surface area (Å²) in [6, 6.07) is 0. The van der Waals surface area contributed by atoms with Crippen molar-refractivity contribution in [2.24, 2.45) is 0 Å². The molecule has 1 unspecified atom stereocenters. The summed E-state index contributed by atoms with van der Waals surface area (Å²) in [6.45, 7) is 7.01. The van der Waals surface area contributed by atoms with E-state index in [0.717, 1.165) is 0 Å². The van der Waals surface area contributed by atoms with Gasteiger partial charge in [-0.1, -0.05) is 6.58 Å². The van der Waals surface area contributed by atoms with Crippen molar-refractivity contribution >= 4 is 17.6 Å². The molecule has 0 heterocycles. The second-order valence-electron chi connectivity index (χ2n) is 2.16. The third-order valence-corrected chi connectivity index (χ3v) is 0.919. The van der Waals surface area contributed by atoms with Gasteiger partial charge < -0.3 is 4.74 Å². The molecule has 1 atom stereocenters. The Kier molecular flexibility index (Phi) is 4.12. The van der Waals surface area contributed by atoms with Gasteiger partial charge in [0.25, 0.3) is 0 Å². The van der Waals surface area contributed by atoms with E-state index in [2.05, 4.69) is 6.58 Å². The molecule has 3 heteroatoms. The molecular weight excluding hydrogens is 152 g/mol. The average Bonchev–Trinajstić information content (AvgIpc) is 1.82. The van der Waals surface area contributed by atoms with Crippen LogP contribution in [-0.2, 0) is 9.53 Å². The Hall–Kier alpha value is -0.500. The van der Waals surface area contributed by atoms with Gasteiger partial charge in [-0.15, -0.1) is 11.6 Å². The molecule has 0 spiro atoms. The van der Waals surface area contributed by atoms with Crippen LogP contribution in [0.15, 0.2) is 12.2 Å². The van der Waals surface area contributed by atoms with Gasteiger partial charge in [-0.2, -0.15) is 0 Å². The number of ether oxygens (including phenoxy) is 1. The molecule has 0 radical (unpaired) electrons. The predicted molar refractivity (Wildman–Crippen MR) is 41.1 cm³/mol. The Morgan fingerprint density at radius 1 is 1.80 bits per heavy atom. The van der Waals surface area contributed by atoms with Gasteiger partial charge in [0.05, 0.1) is 5.38 Å². The van der Waals surface area contributed by atoms with Crippen LogP contribution in [0.25, 0.3) is 0 Å². The number of rotatable bonds is 3. The van der Waals surface area contributed by atoms with Gasteiger partial charge >= 0.3 is 5.97 Å². The van der Waals surface area contributed by atoms with Gasteiger partial charge in [0, 0.05) is 5.57 Å². The van der Waals surface area contributed by atoms with Gasteiger partial charge in [0.15, 0.2) is 0 Å². The van der Waals surface area contributed by atoms with E-state index < -0.39 is 0 Å². The monoisotopic (exact) mass is 162 g/mol. The zero-order valence-electron chi connectivity index (χ0n) is 6.19. The van der Waals surface area contributed by atoms with E-state index in [-0.39, 0.29) is 18.0 Å². The van der Waals surface area contributed by atoms with Crippen molar-refractivity contribution in [2.45, 2.75) is 19.2 Å². The third-order valence-electron chi connectivity index (χ3n) is 0.793. The Morgan fingerprint density at radius 2 is 2.30 bits per heavy atom. The molecule has 0 amide bonds. The first-order valence-corrected chi connectivity index (χ1v) is 3.44. The first kappa shape index (κ1) is 9.50. The lowest BCUT2D eigenvalue weighted by Crippen LogP contribution is -2.11. The fraction of sp³-hybridized carbons (Fsp3) is 0.571. The van der Waals surface area contributed by atoms with Crippen LogP contribution in [0.3, 0.4) is 0 Å². The number of hydrogen-bond donors (Lipinski definition) is 0. The van der Waals surface area contributed by atoms with Crippen LogP contribution < -0.4 is 0 Å². The number of halogens is 1. The van der Waals surface area contributed by atoms with E-state index in [1.165, 1.54) is 0 Å². The molecule has 58 valence electrons. The maximum absolute atomic E-state index is 10.7. The number of hydrogen-bond acceptors (Lipinski definition) is 2. The van der Waals surface area contributed by atoms with Crippen molar-refractivity contribution in [2.75, 3.05) is 6.61 Å². The molecule has 0 aliphatic rings. The fourth-order valence-corrected chi connectivity index (χ4v) is 0.377. The van der Waals surface area contributed by atoms with E-state index in [1.54, 1.807) is 13.8 Å². The van der Waals surface area contributed by atoms with E-state index in [1.807, 2.05) is 0 Å². The Labute approximate surface area is 65.8 Å². The molecule has 0 aromatic rings. The SMILES string of the molecule is C=C(C)C(=O)OCC(C)Cl. The Balaban J connectivity index is 3.50. The minimum atomic E-state index is -0.382. The topological polar surface area (TPSA) is 26.3 Å². The summed E-state index contributed by atoms with van der Waals surface area (Å²) < 4.78 is 4.69. The summed E-state index contributed by atoms with van der Waals surface area (Å²) in [6.07, 6.45) is 0. The molecule has 0 rings (SSSR count). The van der Waals surface area contributed by atoms with Gasteiger partial charge in [-0.05, 0) is 13.8 Å². The summed E-state index contributed by atoms with van der Waals surface area (Å²) in [4.78, 5) is 10.7. The first-order valence-electron chi connectivity index (χ1n) is 3.00. The van der Waals surface area contributed by atoms with Crippen LogP contribution in [0.1, 0.15) is 13.8 Å². The zero-order valence-corrected chi connectivity index (χ0v) is 6.94. The molecule has 0 aromatic heterocycles. The number of carbonyl (C=O) groups is 1. The van der Waals surface area contributed by atoms with Gasteiger partial charge in [0.1, 0.15) is 6.61 Å². The average molecular weight is 163 g/mol. The van der Waals surface area contributed by atoms with Crippen LogP contribution in [0, 0.1) is 0 Å². The summed E-state index contributed by atoms with van der Waals surface area (Å²) in [5, 5.41) is -0.136. The first-order chi connectivity index (χ1) is 4.54. The van der Waals surface area contributed by atoms with Crippen molar-refractivity contribution in [1.82, 2.24) is 0 Å². The van der Waals surface area contributed by atoms with E-state index >= 15 is 0 Å². The molecule has 0 fully saturated rings. The van der Waals surface area contributed by atoms with Gasteiger partial charge in [-0.25, -0.2) is 4.79 Å². The lowest BCUT2D eigenvalue weighted by Gasteiger charge is -2.04. The highest BCUT2D eigenvalue weighted by molar-refractivity contribution is 6.20. The van der Waals surface area contributed by atoms with Crippen molar-refractivity contribution < 1.29 is 9.53 Å².